The monoisotopic (exact) mass is 691 g/mol. The molecule has 0 spiro atoms. The van der Waals surface area contributed by atoms with E-state index in [0.29, 0.717) is 35.1 Å². The number of anilines is 2. The summed E-state index contributed by atoms with van der Waals surface area (Å²) in [4.78, 5) is 36.1. The molecule has 0 radical (unpaired) electrons. The normalized spacial score (nSPS) is 23.0. The van der Waals surface area contributed by atoms with Gasteiger partial charge in [-0.2, -0.15) is 10.2 Å². The van der Waals surface area contributed by atoms with Crippen LogP contribution in [0.25, 0.3) is 5.65 Å². The van der Waals surface area contributed by atoms with Gasteiger partial charge in [-0.15, -0.1) is 0 Å². The van der Waals surface area contributed by atoms with Crippen molar-refractivity contribution in [3.63, 3.8) is 0 Å². The molecule has 8 rings (SSSR count). The van der Waals surface area contributed by atoms with Gasteiger partial charge in [0.2, 0.25) is 11.8 Å². The van der Waals surface area contributed by atoms with Crippen molar-refractivity contribution in [2.24, 2.45) is 16.8 Å². The molecule has 3 unspecified atom stereocenters. The smallest absolute Gasteiger partial charge is 0.234 e. The third kappa shape index (κ3) is 6.58. The standard InChI is InChI=1S/C38H42ClN9O2/c1-19-11-36-41-33(22(4)38(50)42-34-15-31(44-46-34)24-8-9-24)18-48(36)17-28(19)26-14-27(26)32-16-35(47-45-32)43-37(49)21(3)30-13-23-6-5-7-29(39)20(2)10-25(12-23)40-30/h7,10-11,13,15-18,21-24,26-27H,5-6,8-9,12,14H2,1-4H3,(H2,42,44,46,50)(H2,43,45,47,49)/t21-,22-,23?,26?,27?/m1/s1. The summed E-state index contributed by atoms with van der Waals surface area (Å²) in [5.41, 5.74) is 8.74. The highest BCUT2D eigenvalue weighted by Gasteiger charge is 2.42. The van der Waals surface area contributed by atoms with Crippen LogP contribution in [0.3, 0.4) is 0 Å². The molecule has 1 aliphatic heterocycles. The van der Waals surface area contributed by atoms with Gasteiger partial charge in [0.15, 0.2) is 11.6 Å². The minimum Gasteiger partial charge on any atom is -0.309 e. The number of carbonyl (C=O) groups excluding carboxylic acids is 2. The average Bonchev–Trinajstić information content (AvgIpc) is 3.95. The van der Waals surface area contributed by atoms with Crippen LogP contribution in [-0.2, 0) is 9.59 Å². The minimum absolute atomic E-state index is 0.135. The summed E-state index contributed by atoms with van der Waals surface area (Å²) >= 11 is 6.43. The van der Waals surface area contributed by atoms with Gasteiger partial charge in [0.05, 0.1) is 17.5 Å². The van der Waals surface area contributed by atoms with Crippen LogP contribution < -0.4 is 10.6 Å². The highest BCUT2D eigenvalue weighted by Crippen LogP contribution is 2.55. The molecule has 4 aliphatic rings. The first-order chi connectivity index (χ1) is 24.1. The highest BCUT2D eigenvalue weighted by atomic mass is 35.5. The van der Waals surface area contributed by atoms with Crippen molar-refractivity contribution < 1.29 is 9.59 Å². The Morgan fingerprint density at radius 2 is 1.66 bits per heavy atom. The molecular formula is C38H42ClN9O2. The zero-order valence-electron chi connectivity index (χ0n) is 28.8. The van der Waals surface area contributed by atoms with E-state index in [1.165, 1.54) is 18.4 Å². The summed E-state index contributed by atoms with van der Waals surface area (Å²) in [6, 6.07) is 5.95. The number of aromatic amines is 2. The Morgan fingerprint density at radius 1 is 0.940 bits per heavy atom. The first kappa shape index (κ1) is 32.4. The molecule has 2 saturated carbocycles. The molecule has 258 valence electrons. The molecule has 2 bridgehead atoms. The van der Waals surface area contributed by atoms with Crippen molar-refractivity contribution >= 4 is 46.4 Å². The summed E-state index contributed by atoms with van der Waals surface area (Å²) in [6.07, 6.45) is 16.4. The van der Waals surface area contributed by atoms with Crippen LogP contribution in [0.15, 0.2) is 70.1 Å². The van der Waals surface area contributed by atoms with Gasteiger partial charge >= 0.3 is 0 Å². The van der Waals surface area contributed by atoms with Gasteiger partial charge in [-0.05, 0) is 107 Å². The molecule has 3 aliphatic carbocycles. The van der Waals surface area contributed by atoms with Crippen LogP contribution in [0.4, 0.5) is 11.6 Å². The number of aromatic nitrogens is 6. The van der Waals surface area contributed by atoms with E-state index >= 15 is 0 Å². The van der Waals surface area contributed by atoms with Crippen molar-refractivity contribution in [1.29, 1.82) is 0 Å². The summed E-state index contributed by atoms with van der Waals surface area (Å²) in [7, 11) is 0. The van der Waals surface area contributed by atoms with Gasteiger partial charge in [-0.3, -0.25) is 24.8 Å². The van der Waals surface area contributed by atoms with E-state index in [1.54, 1.807) is 0 Å². The molecule has 5 atom stereocenters. The lowest BCUT2D eigenvalue weighted by atomic mass is 9.90. The fourth-order valence-electron chi connectivity index (χ4n) is 7.22. The van der Waals surface area contributed by atoms with Crippen LogP contribution in [0.2, 0.25) is 0 Å². The summed E-state index contributed by atoms with van der Waals surface area (Å²) < 4.78 is 2.02. The molecule has 4 aromatic rings. The van der Waals surface area contributed by atoms with Crippen LogP contribution in [0.1, 0.15) is 111 Å². The Kier molecular flexibility index (Phi) is 8.33. The quantitative estimate of drug-likeness (QED) is 0.142. The van der Waals surface area contributed by atoms with Crippen LogP contribution in [0.5, 0.6) is 0 Å². The maximum Gasteiger partial charge on any atom is 0.234 e. The van der Waals surface area contributed by atoms with E-state index in [1.807, 2.05) is 49.6 Å². The number of nitrogens with zero attached hydrogens (tertiary/aromatic N) is 5. The number of aryl methyl sites for hydroxylation is 1. The van der Waals surface area contributed by atoms with Gasteiger partial charge in [0, 0.05) is 64.2 Å². The maximum atomic E-state index is 13.4. The molecule has 4 N–H and O–H groups in total. The second kappa shape index (κ2) is 12.8. The number of hydrogen-bond acceptors (Lipinski definition) is 6. The molecule has 50 heavy (non-hydrogen) atoms. The molecule has 2 fully saturated rings. The lowest BCUT2D eigenvalue weighted by molar-refractivity contribution is -0.118. The number of allylic oxidation sites excluding steroid dienone is 5. The largest absolute Gasteiger partial charge is 0.309 e. The Morgan fingerprint density at radius 3 is 2.42 bits per heavy atom. The van der Waals surface area contributed by atoms with Crippen LogP contribution in [-0.4, -0.2) is 47.3 Å². The molecule has 4 aromatic heterocycles. The number of H-pyrrole nitrogens is 2. The third-order valence-corrected chi connectivity index (χ3v) is 11.1. The van der Waals surface area contributed by atoms with Gasteiger partial charge in [-0.1, -0.05) is 23.8 Å². The molecule has 11 nitrogen and oxygen atoms in total. The summed E-state index contributed by atoms with van der Waals surface area (Å²) in [6.45, 7) is 7.87. The topological polar surface area (TPSA) is 145 Å². The first-order valence-corrected chi connectivity index (χ1v) is 18.0. The third-order valence-electron chi connectivity index (χ3n) is 10.6. The van der Waals surface area contributed by atoms with Crippen molar-refractivity contribution in [1.82, 2.24) is 29.8 Å². The predicted molar refractivity (Wildman–Crippen MR) is 195 cm³/mol. The van der Waals surface area contributed by atoms with E-state index in [4.69, 9.17) is 21.6 Å². The summed E-state index contributed by atoms with van der Waals surface area (Å²) in [5, 5.41) is 21.6. The van der Waals surface area contributed by atoms with Gasteiger partial charge < -0.3 is 15.0 Å². The second-order valence-electron chi connectivity index (χ2n) is 14.5. The lowest BCUT2D eigenvalue weighted by Crippen LogP contribution is -2.24. The number of fused-ring (bicyclic) bond motifs is 3. The molecule has 0 saturated heterocycles. The van der Waals surface area contributed by atoms with Gasteiger partial charge in [-0.25, -0.2) is 4.98 Å². The Hall–Kier alpha value is -4.77. The number of hydrogen-bond donors (Lipinski definition) is 4. The zero-order chi connectivity index (χ0) is 34.7. The highest BCUT2D eigenvalue weighted by molar-refractivity contribution is 6.32. The number of nitrogens with one attached hydrogen (secondary N) is 4. The molecule has 2 amide bonds. The fraction of sp³-hybridized carbons (Fsp3) is 0.421. The molecular weight excluding hydrogens is 650 g/mol. The van der Waals surface area contributed by atoms with Crippen LogP contribution >= 0.6 is 11.6 Å². The predicted octanol–water partition coefficient (Wildman–Crippen LogP) is 7.76. The van der Waals surface area contributed by atoms with Crippen LogP contribution in [0, 0.1) is 18.8 Å². The van der Waals surface area contributed by atoms with E-state index in [2.05, 4.69) is 62.4 Å². The van der Waals surface area contributed by atoms with Crippen molar-refractivity contribution in [2.75, 3.05) is 10.6 Å². The molecule has 5 heterocycles. The second-order valence-corrected chi connectivity index (χ2v) is 14.9. The maximum absolute atomic E-state index is 13.4. The zero-order valence-corrected chi connectivity index (χ0v) is 29.5. The van der Waals surface area contributed by atoms with E-state index in [-0.39, 0.29) is 17.7 Å². The Balaban J connectivity index is 0.911. The number of imidazole rings is 1. The fourth-order valence-corrected chi connectivity index (χ4v) is 7.38. The Bertz CT molecular complexity index is 2130. The molecule has 12 heteroatoms. The first-order valence-electron chi connectivity index (χ1n) is 17.6. The lowest BCUT2D eigenvalue weighted by Gasteiger charge is -2.22. The number of pyridine rings is 1. The van der Waals surface area contributed by atoms with Gasteiger partial charge in [0.25, 0.3) is 0 Å². The van der Waals surface area contributed by atoms with Crippen molar-refractivity contribution in [3.8, 4) is 0 Å². The number of rotatable bonds is 9. The summed E-state index contributed by atoms with van der Waals surface area (Å²) in [5.74, 6) is 1.38. The number of carbonyl (C=O) groups is 2. The number of halogens is 1. The van der Waals surface area contributed by atoms with E-state index in [9.17, 15) is 9.59 Å². The number of aliphatic imine (C=N–C) groups is 1. The van der Waals surface area contributed by atoms with E-state index in [0.717, 1.165) is 70.3 Å². The Labute approximate surface area is 295 Å². The average molecular weight is 692 g/mol. The van der Waals surface area contributed by atoms with Gasteiger partial charge in [0.1, 0.15) is 5.65 Å². The van der Waals surface area contributed by atoms with Crippen molar-refractivity contribution in [3.05, 3.63) is 93.3 Å². The van der Waals surface area contributed by atoms with Crippen molar-refractivity contribution in [2.45, 2.75) is 89.9 Å². The van der Waals surface area contributed by atoms with E-state index < -0.39 is 11.8 Å². The SMILES string of the molecule is CC1=CC2=NC([C@@H](C)C(=O)Nc3cc(C4CC4c4cn5cc([C@@H](C)C(=O)Nc6cc(C7CC7)[nH]n6)nc5cc4C)[nH]n3)=CC(CCC=C1Cl)C2. The number of amides is 2. The molecule has 0 aromatic carbocycles. The minimum atomic E-state index is -0.438.